The number of para-hydroxylation sites is 1. The highest BCUT2D eigenvalue weighted by atomic mass is 16.2. The molecule has 1 atom stereocenters. The molecule has 0 aliphatic carbocycles. The minimum Gasteiger partial charge on any atom is -0.338 e. The Kier molecular flexibility index (Phi) is 4.77. The summed E-state index contributed by atoms with van der Waals surface area (Å²) in [4.78, 5) is 36.5. The van der Waals surface area contributed by atoms with Crippen molar-refractivity contribution in [1.82, 2.24) is 19.6 Å². The van der Waals surface area contributed by atoms with Crippen molar-refractivity contribution in [2.24, 2.45) is 4.99 Å². The van der Waals surface area contributed by atoms with Crippen molar-refractivity contribution >= 4 is 23.6 Å². The van der Waals surface area contributed by atoms with E-state index in [2.05, 4.69) is 17.0 Å². The van der Waals surface area contributed by atoms with E-state index in [4.69, 9.17) is 0 Å². The monoisotopic (exact) mass is 406 g/mol. The van der Waals surface area contributed by atoms with E-state index in [-0.39, 0.29) is 24.5 Å². The lowest BCUT2D eigenvalue weighted by atomic mass is 10.0. The topological polar surface area (TPSA) is 74.0 Å². The summed E-state index contributed by atoms with van der Waals surface area (Å²) in [6.45, 7) is 4.16. The van der Waals surface area contributed by atoms with Crippen molar-refractivity contribution in [3.8, 4) is 5.69 Å². The molecular formula is C22H26N6O2. The smallest absolute Gasteiger partial charge is 0.331 e. The Labute approximate surface area is 175 Å². The van der Waals surface area contributed by atoms with Gasteiger partial charge in [0.25, 0.3) is 0 Å². The number of carbonyl (C=O) groups is 2. The molecule has 3 aliphatic rings. The second-order valence-corrected chi connectivity index (χ2v) is 8.14. The average Bonchev–Trinajstić information content (AvgIpc) is 3.22. The second-order valence-electron chi connectivity index (χ2n) is 8.14. The molecule has 1 saturated heterocycles. The highest BCUT2D eigenvalue weighted by Crippen LogP contribution is 2.33. The van der Waals surface area contributed by atoms with E-state index < -0.39 is 0 Å². The number of nitrogens with zero attached hydrogens (tertiary/aromatic N) is 6. The Balaban J connectivity index is 1.56. The number of aliphatic imine (C=N–C) groups is 1. The van der Waals surface area contributed by atoms with Crippen LogP contribution in [0.4, 0.5) is 10.6 Å². The second kappa shape index (κ2) is 7.59. The van der Waals surface area contributed by atoms with Crippen molar-refractivity contribution in [1.29, 1.82) is 0 Å². The number of amidine groups is 1. The Morgan fingerprint density at radius 3 is 2.77 bits per heavy atom. The molecule has 2 aromatic rings. The van der Waals surface area contributed by atoms with Crippen LogP contribution < -0.4 is 4.90 Å². The number of carbonyl (C=O) groups excluding carboxylic acids is 2. The maximum Gasteiger partial charge on any atom is 0.331 e. The zero-order valence-electron chi connectivity index (χ0n) is 17.2. The van der Waals surface area contributed by atoms with Crippen LogP contribution >= 0.6 is 0 Å². The van der Waals surface area contributed by atoms with Gasteiger partial charge in [-0.3, -0.25) is 19.6 Å². The van der Waals surface area contributed by atoms with Gasteiger partial charge in [0.15, 0.2) is 5.82 Å². The molecule has 0 radical (unpaired) electrons. The van der Waals surface area contributed by atoms with Gasteiger partial charge < -0.3 is 4.90 Å². The van der Waals surface area contributed by atoms with E-state index in [0.29, 0.717) is 24.7 Å². The van der Waals surface area contributed by atoms with Crippen LogP contribution in [0.15, 0.2) is 41.5 Å². The summed E-state index contributed by atoms with van der Waals surface area (Å²) < 4.78 is 1.74. The molecule has 0 saturated carbocycles. The molecule has 3 aliphatic heterocycles. The quantitative estimate of drug-likeness (QED) is 0.787. The van der Waals surface area contributed by atoms with E-state index in [1.165, 1.54) is 0 Å². The summed E-state index contributed by atoms with van der Waals surface area (Å²) in [5.41, 5.74) is 1.65. The molecule has 4 heterocycles. The molecule has 8 nitrogen and oxygen atoms in total. The van der Waals surface area contributed by atoms with Gasteiger partial charge in [0, 0.05) is 25.7 Å². The zero-order valence-corrected chi connectivity index (χ0v) is 17.2. The maximum atomic E-state index is 13.5. The van der Waals surface area contributed by atoms with Gasteiger partial charge in [0.1, 0.15) is 12.4 Å². The third-order valence-electron chi connectivity index (χ3n) is 6.18. The van der Waals surface area contributed by atoms with Gasteiger partial charge in [0.05, 0.1) is 17.4 Å². The molecule has 3 amide bonds. The Morgan fingerprint density at radius 2 is 1.97 bits per heavy atom. The first-order valence-electron chi connectivity index (χ1n) is 10.7. The molecule has 30 heavy (non-hydrogen) atoms. The zero-order chi connectivity index (χ0) is 20.7. The average molecular weight is 406 g/mol. The van der Waals surface area contributed by atoms with Crippen LogP contribution in [0.2, 0.25) is 0 Å². The van der Waals surface area contributed by atoms with E-state index in [1.54, 1.807) is 20.7 Å². The maximum absolute atomic E-state index is 13.5. The van der Waals surface area contributed by atoms with Crippen LogP contribution in [-0.2, 0) is 4.79 Å². The van der Waals surface area contributed by atoms with Gasteiger partial charge in [-0.1, -0.05) is 18.2 Å². The summed E-state index contributed by atoms with van der Waals surface area (Å²) in [6, 6.07) is 9.70. The number of hydrogen-bond donors (Lipinski definition) is 0. The minimum absolute atomic E-state index is 0.0124. The van der Waals surface area contributed by atoms with E-state index in [0.717, 1.165) is 43.5 Å². The number of aromatic nitrogens is 2. The largest absolute Gasteiger partial charge is 0.338 e. The van der Waals surface area contributed by atoms with Gasteiger partial charge in [-0.2, -0.15) is 5.10 Å². The van der Waals surface area contributed by atoms with Gasteiger partial charge >= 0.3 is 6.03 Å². The van der Waals surface area contributed by atoms with Gasteiger partial charge in [-0.05, 0) is 44.7 Å². The standard InChI is InChI=1S/C22H26N6O2/c1-16-8-5-6-12-25(16)19(29)15-27-21-18(20-23-11-7-13-26(20)22(27)30)14-24-28(21)17-9-3-2-4-10-17/h2-4,9-10,14,16H,5-8,11-13,15H2,1H3/t16-/m1/s1. The molecule has 0 N–H and O–H groups in total. The van der Waals surface area contributed by atoms with Crippen LogP contribution in [-0.4, -0.2) is 69.6 Å². The number of rotatable bonds is 3. The van der Waals surface area contributed by atoms with E-state index >= 15 is 0 Å². The lowest BCUT2D eigenvalue weighted by molar-refractivity contribution is -0.132. The first-order chi connectivity index (χ1) is 14.6. The first kappa shape index (κ1) is 18.8. The number of likely N-dealkylation sites (tertiary alicyclic amines) is 1. The fourth-order valence-electron chi connectivity index (χ4n) is 4.61. The third-order valence-corrected chi connectivity index (χ3v) is 6.18. The predicted octanol–water partition coefficient (Wildman–Crippen LogP) is 2.67. The SMILES string of the molecule is C[C@@H]1CCCCN1C(=O)CN1C(=O)N2CCCN=C2c2cnn(-c3ccccc3)c21. The fraction of sp³-hybridized carbons (Fsp3) is 0.455. The molecule has 156 valence electrons. The molecule has 1 aromatic heterocycles. The van der Waals surface area contributed by atoms with Crippen molar-refractivity contribution < 1.29 is 9.59 Å². The lowest BCUT2D eigenvalue weighted by Gasteiger charge is -2.39. The van der Waals surface area contributed by atoms with Crippen molar-refractivity contribution in [3.05, 3.63) is 42.1 Å². The Bertz CT molecular complexity index is 998. The molecule has 0 spiro atoms. The van der Waals surface area contributed by atoms with Crippen molar-refractivity contribution in [2.45, 2.75) is 38.6 Å². The van der Waals surface area contributed by atoms with Crippen LogP contribution in [0.3, 0.4) is 0 Å². The first-order valence-corrected chi connectivity index (χ1v) is 10.7. The van der Waals surface area contributed by atoms with Crippen molar-refractivity contribution in [3.63, 3.8) is 0 Å². The fourth-order valence-corrected chi connectivity index (χ4v) is 4.61. The molecule has 5 rings (SSSR count). The number of piperidine rings is 1. The molecule has 8 heteroatoms. The number of fused-ring (bicyclic) bond motifs is 3. The van der Waals surface area contributed by atoms with E-state index in [1.807, 2.05) is 35.2 Å². The highest BCUT2D eigenvalue weighted by molar-refractivity contribution is 6.19. The highest BCUT2D eigenvalue weighted by Gasteiger charge is 2.41. The number of anilines is 1. The molecule has 0 bridgehead atoms. The molecule has 1 fully saturated rings. The lowest BCUT2D eigenvalue weighted by Crippen LogP contribution is -2.56. The van der Waals surface area contributed by atoms with Gasteiger partial charge in [-0.25, -0.2) is 9.48 Å². The summed E-state index contributed by atoms with van der Waals surface area (Å²) >= 11 is 0. The summed E-state index contributed by atoms with van der Waals surface area (Å²) in [5.74, 6) is 1.28. The minimum atomic E-state index is -0.198. The summed E-state index contributed by atoms with van der Waals surface area (Å²) in [5, 5.41) is 4.57. The third kappa shape index (κ3) is 3.07. The Hall–Kier alpha value is -3.16. The van der Waals surface area contributed by atoms with Crippen LogP contribution in [0.25, 0.3) is 5.69 Å². The number of benzene rings is 1. The number of urea groups is 1. The van der Waals surface area contributed by atoms with Crippen LogP contribution in [0.5, 0.6) is 0 Å². The number of amides is 3. The summed E-state index contributed by atoms with van der Waals surface area (Å²) in [7, 11) is 0. The van der Waals surface area contributed by atoms with Crippen molar-refractivity contribution in [2.75, 3.05) is 31.1 Å². The normalized spacial score (nSPS) is 21.2. The van der Waals surface area contributed by atoms with Gasteiger partial charge in [-0.15, -0.1) is 0 Å². The molecular weight excluding hydrogens is 380 g/mol. The molecule has 0 unspecified atom stereocenters. The predicted molar refractivity (Wildman–Crippen MR) is 114 cm³/mol. The Morgan fingerprint density at radius 1 is 1.13 bits per heavy atom. The summed E-state index contributed by atoms with van der Waals surface area (Å²) in [6.07, 6.45) is 5.75. The van der Waals surface area contributed by atoms with E-state index in [9.17, 15) is 9.59 Å². The van der Waals surface area contributed by atoms with Crippen LogP contribution in [0, 0.1) is 0 Å². The number of hydrogen-bond acceptors (Lipinski definition) is 4. The molecule has 1 aromatic carbocycles. The van der Waals surface area contributed by atoms with Crippen LogP contribution in [0.1, 0.15) is 38.2 Å². The van der Waals surface area contributed by atoms with Gasteiger partial charge in [0.2, 0.25) is 5.91 Å².